The van der Waals surface area contributed by atoms with Crippen molar-refractivity contribution in [2.45, 2.75) is 0 Å². The van der Waals surface area contributed by atoms with E-state index < -0.39 is 0 Å². The van der Waals surface area contributed by atoms with Gasteiger partial charge < -0.3 is 5.32 Å². The maximum absolute atomic E-state index is 12.7. The molecule has 0 bridgehead atoms. The third-order valence-corrected chi connectivity index (χ3v) is 2.52. The van der Waals surface area contributed by atoms with Crippen LogP contribution in [-0.4, -0.2) is 10.9 Å². The van der Waals surface area contributed by atoms with Gasteiger partial charge in [-0.25, -0.2) is 9.37 Å². The average Bonchev–Trinajstić information content (AvgIpc) is 2.32. The Hall–Kier alpha value is -1.75. The molecule has 1 aromatic carbocycles. The van der Waals surface area contributed by atoms with Crippen molar-refractivity contribution in [1.29, 1.82) is 0 Å². The quantitative estimate of drug-likeness (QED) is 0.864. The normalized spacial score (nSPS) is 10.0. The van der Waals surface area contributed by atoms with Crippen LogP contribution < -0.4 is 5.32 Å². The third kappa shape index (κ3) is 3.10. The summed E-state index contributed by atoms with van der Waals surface area (Å²) in [5.41, 5.74) is 1.03. The van der Waals surface area contributed by atoms with E-state index in [0.29, 0.717) is 15.9 Å². The topological polar surface area (TPSA) is 42.0 Å². The molecule has 0 radical (unpaired) electrons. The summed E-state index contributed by atoms with van der Waals surface area (Å²) in [5, 5.41) is 2.66. The highest BCUT2D eigenvalue weighted by molar-refractivity contribution is 9.10. The minimum absolute atomic E-state index is 0.264. The van der Waals surface area contributed by atoms with Crippen LogP contribution in [0.15, 0.2) is 47.2 Å². The molecule has 2 aromatic rings. The first-order chi connectivity index (χ1) is 8.15. The highest BCUT2D eigenvalue weighted by atomic mass is 79.9. The lowest BCUT2D eigenvalue weighted by Crippen LogP contribution is -2.11. The van der Waals surface area contributed by atoms with E-state index in [-0.39, 0.29) is 11.7 Å². The van der Waals surface area contributed by atoms with Crippen LogP contribution in [-0.2, 0) is 0 Å². The van der Waals surface area contributed by atoms with Crippen LogP contribution in [0.25, 0.3) is 0 Å². The number of benzene rings is 1. The number of amides is 1. The summed E-state index contributed by atoms with van der Waals surface area (Å²) in [6.45, 7) is 0. The smallest absolute Gasteiger partial charge is 0.255 e. The molecule has 1 heterocycles. The Bertz CT molecular complexity index is 542. The molecule has 0 aliphatic rings. The molecule has 0 aliphatic carbocycles. The molecule has 0 unspecified atom stereocenters. The van der Waals surface area contributed by atoms with E-state index in [9.17, 15) is 9.18 Å². The third-order valence-electron chi connectivity index (χ3n) is 2.09. The van der Waals surface area contributed by atoms with Gasteiger partial charge in [-0.1, -0.05) is 0 Å². The van der Waals surface area contributed by atoms with E-state index in [1.807, 2.05) is 0 Å². The molecule has 1 N–H and O–H groups in total. The van der Waals surface area contributed by atoms with Crippen molar-refractivity contribution in [2.24, 2.45) is 0 Å². The summed E-state index contributed by atoms with van der Waals surface area (Å²) in [5.74, 6) is -0.602. The van der Waals surface area contributed by atoms with Crippen molar-refractivity contribution in [1.82, 2.24) is 4.98 Å². The van der Waals surface area contributed by atoms with Crippen LogP contribution in [0.2, 0.25) is 0 Å². The SMILES string of the molecule is O=C(Nc1ccc(F)cc1)c1ccnc(Br)c1. The van der Waals surface area contributed by atoms with Gasteiger partial charge in [0.15, 0.2) is 0 Å². The zero-order chi connectivity index (χ0) is 12.3. The molecule has 0 saturated carbocycles. The number of hydrogen-bond donors (Lipinski definition) is 1. The van der Waals surface area contributed by atoms with Gasteiger partial charge >= 0.3 is 0 Å². The van der Waals surface area contributed by atoms with E-state index in [1.165, 1.54) is 30.5 Å². The molecule has 86 valence electrons. The second-order valence-electron chi connectivity index (χ2n) is 3.33. The zero-order valence-electron chi connectivity index (χ0n) is 8.65. The Morgan fingerprint density at radius 2 is 1.94 bits per heavy atom. The first-order valence-electron chi connectivity index (χ1n) is 4.83. The summed E-state index contributed by atoms with van der Waals surface area (Å²) < 4.78 is 13.3. The van der Waals surface area contributed by atoms with Gasteiger partial charge in [0.05, 0.1) is 0 Å². The highest BCUT2D eigenvalue weighted by Crippen LogP contribution is 2.12. The van der Waals surface area contributed by atoms with Crippen molar-refractivity contribution in [2.75, 3.05) is 5.32 Å². The number of aromatic nitrogens is 1. The number of nitrogens with zero attached hydrogens (tertiary/aromatic N) is 1. The Morgan fingerprint density at radius 3 is 2.59 bits per heavy atom. The van der Waals surface area contributed by atoms with Crippen molar-refractivity contribution in [3.05, 3.63) is 58.6 Å². The first-order valence-corrected chi connectivity index (χ1v) is 5.63. The molecule has 17 heavy (non-hydrogen) atoms. The van der Waals surface area contributed by atoms with Crippen LogP contribution in [0.3, 0.4) is 0 Å². The maximum atomic E-state index is 12.7. The minimum Gasteiger partial charge on any atom is -0.322 e. The molecular formula is C12H8BrFN2O. The van der Waals surface area contributed by atoms with E-state index in [1.54, 1.807) is 12.1 Å². The molecule has 0 atom stereocenters. The van der Waals surface area contributed by atoms with Crippen LogP contribution in [0, 0.1) is 5.82 Å². The monoisotopic (exact) mass is 294 g/mol. The predicted octanol–water partition coefficient (Wildman–Crippen LogP) is 3.24. The lowest BCUT2D eigenvalue weighted by Gasteiger charge is -2.04. The molecule has 1 amide bonds. The number of nitrogens with one attached hydrogen (secondary N) is 1. The van der Waals surface area contributed by atoms with Gasteiger partial charge in [0.1, 0.15) is 10.4 Å². The highest BCUT2D eigenvalue weighted by Gasteiger charge is 2.06. The number of hydrogen-bond acceptors (Lipinski definition) is 2. The number of carbonyl (C=O) groups excluding carboxylic acids is 1. The predicted molar refractivity (Wildman–Crippen MR) is 66.3 cm³/mol. The number of halogens is 2. The van der Waals surface area contributed by atoms with Gasteiger partial charge in [-0.3, -0.25) is 4.79 Å². The molecule has 1 aromatic heterocycles. The minimum atomic E-state index is -0.338. The largest absolute Gasteiger partial charge is 0.322 e. The fourth-order valence-electron chi connectivity index (χ4n) is 1.28. The number of rotatable bonds is 2. The van der Waals surface area contributed by atoms with Gasteiger partial charge in [0.25, 0.3) is 5.91 Å². The van der Waals surface area contributed by atoms with Gasteiger partial charge in [0, 0.05) is 17.4 Å². The van der Waals surface area contributed by atoms with E-state index >= 15 is 0 Å². The molecule has 2 rings (SSSR count). The number of pyridine rings is 1. The van der Waals surface area contributed by atoms with Gasteiger partial charge in [-0.15, -0.1) is 0 Å². The van der Waals surface area contributed by atoms with Crippen molar-refractivity contribution in [3.8, 4) is 0 Å². The summed E-state index contributed by atoms with van der Waals surface area (Å²) >= 11 is 3.18. The van der Waals surface area contributed by atoms with Crippen molar-refractivity contribution in [3.63, 3.8) is 0 Å². The lowest BCUT2D eigenvalue weighted by atomic mass is 10.2. The summed E-state index contributed by atoms with van der Waals surface area (Å²) in [4.78, 5) is 15.7. The molecular weight excluding hydrogens is 287 g/mol. The van der Waals surface area contributed by atoms with Gasteiger partial charge in [-0.2, -0.15) is 0 Å². The Labute approximate surface area is 106 Å². The Balaban J connectivity index is 2.14. The van der Waals surface area contributed by atoms with Gasteiger partial charge in [0.2, 0.25) is 0 Å². The van der Waals surface area contributed by atoms with Crippen molar-refractivity contribution < 1.29 is 9.18 Å². The van der Waals surface area contributed by atoms with Crippen LogP contribution in [0.4, 0.5) is 10.1 Å². The summed E-state index contributed by atoms with van der Waals surface area (Å²) in [6, 6.07) is 8.80. The average molecular weight is 295 g/mol. The molecule has 0 spiro atoms. The zero-order valence-corrected chi connectivity index (χ0v) is 10.2. The first kappa shape index (κ1) is 11.7. The van der Waals surface area contributed by atoms with Crippen LogP contribution in [0.5, 0.6) is 0 Å². The molecule has 5 heteroatoms. The van der Waals surface area contributed by atoms with Crippen molar-refractivity contribution >= 4 is 27.5 Å². The van der Waals surface area contributed by atoms with Gasteiger partial charge in [-0.05, 0) is 52.3 Å². The number of anilines is 1. The fraction of sp³-hybridized carbons (Fsp3) is 0. The Morgan fingerprint density at radius 1 is 1.24 bits per heavy atom. The fourth-order valence-corrected chi connectivity index (χ4v) is 1.65. The summed E-state index contributed by atoms with van der Waals surface area (Å²) in [7, 11) is 0. The second kappa shape index (κ2) is 5.05. The van der Waals surface area contributed by atoms with E-state index in [0.717, 1.165) is 0 Å². The maximum Gasteiger partial charge on any atom is 0.255 e. The molecule has 3 nitrogen and oxygen atoms in total. The van der Waals surface area contributed by atoms with E-state index in [2.05, 4.69) is 26.2 Å². The number of carbonyl (C=O) groups is 1. The lowest BCUT2D eigenvalue weighted by molar-refractivity contribution is 0.102. The molecule has 0 aliphatic heterocycles. The second-order valence-corrected chi connectivity index (χ2v) is 4.14. The van der Waals surface area contributed by atoms with E-state index in [4.69, 9.17) is 0 Å². The van der Waals surface area contributed by atoms with Crippen LogP contribution >= 0.6 is 15.9 Å². The molecule has 0 fully saturated rings. The Kier molecular flexibility index (Phi) is 3.49. The summed E-state index contributed by atoms with van der Waals surface area (Å²) in [6.07, 6.45) is 1.53. The standard InChI is InChI=1S/C12H8BrFN2O/c13-11-7-8(5-6-15-11)12(17)16-10-3-1-9(14)2-4-10/h1-7H,(H,16,17). The molecule has 0 saturated heterocycles. The van der Waals surface area contributed by atoms with Crippen LogP contribution in [0.1, 0.15) is 10.4 Å².